The summed E-state index contributed by atoms with van der Waals surface area (Å²) >= 11 is 6.35. The van der Waals surface area contributed by atoms with Crippen molar-refractivity contribution in [1.29, 1.82) is 0 Å². The van der Waals surface area contributed by atoms with Crippen LogP contribution in [-0.4, -0.2) is 17.2 Å². The van der Waals surface area contributed by atoms with E-state index in [1.165, 1.54) is 6.42 Å². The quantitative estimate of drug-likeness (QED) is 0.703. The predicted molar refractivity (Wildman–Crippen MR) is 112 cm³/mol. The Morgan fingerprint density at radius 2 is 1.75 bits per heavy atom. The maximum atomic E-state index is 13.7. The summed E-state index contributed by atoms with van der Waals surface area (Å²) in [5.74, 6) is 2.39. The minimum atomic E-state index is -0.640. The van der Waals surface area contributed by atoms with Crippen LogP contribution in [0, 0.1) is 23.7 Å². The first-order valence-corrected chi connectivity index (χ1v) is 10.8. The SMILES string of the molecule is O=C1Nc2ccc(Cl)cc2C(c2ccccc2)=NC12C1CCC3CC2CC3C1. The van der Waals surface area contributed by atoms with E-state index in [0.29, 0.717) is 16.9 Å². The van der Waals surface area contributed by atoms with E-state index in [9.17, 15) is 4.79 Å². The molecule has 0 saturated heterocycles. The number of fused-ring (bicyclic) bond motifs is 5. The molecule has 2 aromatic carbocycles. The van der Waals surface area contributed by atoms with Crippen LogP contribution < -0.4 is 5.32 Å². The summed E-state index contributed by atoms with van der Waals surface area (Å²) in [4.78, 5) is 19.1. The Labute approximate surface area is 170 Å². The predicted octanol–water partition coefficient (Wildman–Crippen LogP) is 5.32. The summed E-state index contributed by atoms with van der Waals surface area (Å²) in [6, 6.07) is 16.0. The van der Waals surface area contributed by atoms with Crippen molar-refractivity contribution >= 4 is 28.9 Å². The molecule has 3 aliphatic carbocycles. The van der Waals surface area contributed by atoms with E-state index >= 15 is 0 Å². The first-order valence-electron chi connectivity index (χ1n) is 10.4. The third-order valence-electron chi connectivity index (χ3n) is 7.75. The highest BCUT2D eigenvalue weighted by molar-refractivity contribution is 6.32. The summed E-state index contributed by atoms with van der Waals surface area (Å²) in [5.41, 5.74) is 3.07. The zero-order valence-corrected chi connectivity index (χ0v) is 16.5. The Morgan fingerprint density at radius 3 is 2.61 bits per heavy atom. The Balaban J connectivity index is 1.62. The van der Waals surface area contributed by atoms with Crippen LogP contribution in [0.15, 0.2) is 53.5 Å². The number of halogens is 1. The van der Waals surface area contributed by atoms with Gasteiger partial charge in [0.15, 0.2) is 0 Å². The standard InChI is InChI=1S/C24H23ClN2O/c25-19-8-9-21-20(13-19)22(14-4-2-1-3-5-14)27-24(23(28)26-21)17-7-6-15-10-18(24)12-16(15)11-17/h1-5,8-9,13,15-18H,6-7,10-12H2,(H,26,28). The van der Waals surface area contributed by atoms with Crippen molar-refractivity contribution < 1.29 is 4.79 Å². The van der Waals surface area contributed by atoms with Gasteiger partial charge in [0.25, 0.3) is 5.91 Å². The van der Waals surface area contributed by atoms with Crippen molar-refractivity contribution in [2.24, 2.45) is 28.7 Å². The van der Waals surface area contributed by atoms with Gasteiger partial charge >= 0.3 is 0 Å². The number of carbonyl (C=O) groups is 1. The van der Waals surface area contributed by atoms with Gasteiger partial charge in [-0.05, 0) is 74.0 Å². The molecular weight excluding hydrogens is 368 g/mol. The highest BCUT2D eigenvalue weighted by Gasteiger charge is 2.62. The molecule has 28 heavy (non-hydrogen) atoms. The number of amides is 1. The number of aliphatic imine (C=N–C) groups is 1. The van der Waals surface area contributed by atoms with Gasteiger partial charge in [0.1, 0.15) is 5.54 Å². The average molecular weight is 391 g/mol. The molecule has 3 fully saturated rings. The second-order valence-electron chi connectivity index (χ2n) is 8.99. The zero-order valence-electron chi connectivity index (χ0n) is 15.7. The van der Waals surface area contributed by atoms with Crippen molar-refractivity contribution in [3.05, 3.63) is 64.7 Å². The number of rotatable bonds is 1. The van der Waals surface area contributed by atoms with E-state index in [0.717, 1.165) is 60.0 Å². The van der Waals surface area contributed by atoms with E-state index in [4.69, 9.17) is 16.6 Å². The van der Waals surface area contributed by atoms with Crippen LogP contribution in [0.3, 0.4) is 0 Å². The molecule has 3 saturated carbocycles. The highest BCUT2D eigenvalue weighted by atomic mass is 35.5. The lowest BCUT2D eigenvalue weighted by molar-refractivity contribution is -0.127. The fourth-order valence-electron chi connectivity index (χ4n) is 6.55. The van der Waals surface area contributed by atoms with Crippen LogP contribution in [0.4, 0.5) is 5.69 Å². The molecular formula is C24H23ClN2O. The minimum absolute atomic E-state index is 0.0954. The van der Waals surface area contributed by atoms with E-state index in [1.807, 2.05) is 36.4 Å². The zero-order chi connectivity index (χ0) is 18.9. The lowest BCUT2D eigenvalue weighted by atomic mass is 9.62. The molecule has 4 aliphatic rings. The number of nitrogens with zero attached hydrogens (tertiary/aromatic N) is 1. The first-order chi connectivity index (χ1) is 13.6. The fraction of sp³-hybridized carbons (Fsp3) is 0.417. The molecule has 3 nitrogen and oxygen atoms in total. The number of anilines is 1. The van der Waals surface area contributed by atoms with Gasteiger partial charge in [0.05, 0.1) is 11.4 Å². The van der Waals surface area contributed by atoms with Crippen molar-refractivity contribution in [3.63, 3.8) is 0 Å². The molecule has 1 aliphatic heterocycles. The fourth-order valence-corrected chi connectivity index (χ4v) is 6.73. The number of hydrogen-bond donors (Lipinski definition) is 1. The molecule has 3 bridgehead atoms. The van der Waals surface area contributed by atoms with Crippen LogP contribution in [0.1, 0.15) is 43.2 Å². The molecule has 1 N–H and O–H groups in total. The topological polar surface area (TPSA) is 41.5 Å². The molecule has 5 unspecified atom stereocenters. The first kappa shape index (κ1) is 16.8. The smallest absolute Gasteiger partial charge is 0.252 e. The molecule has 1 amide bonds. The average Bonchev–Trinajstić information content (AvgIpc) is 2.96. The van der Waals surface area contributed by atoms with Crippen LogP contribution >= 0.6 is 11.6 Å². The molecule has 0 radical (unpaired) electrons. The largest absolute Gasteiger partial charge is 0.323 e. The van der Waals surface area contributed by atoms with Gasteiger partial charge in [-0.25, -0.2) is 0 Å². The van der Waals surface area contributed by atoms with Crippen LogP contribution in [0.5, 0.6) is 0 Å². The molecule has 4 heteroatoms. The number of hydrogen-bond acceptors (Lipinski definition) is 2. The van der Waals surface area contributed by atoms with Crippen molar-refractivity contribution in [2.45, 2.75) is 37.6 Å². The van der Waals surface area contributed by atoms with E-state index in [1.54, 1.807) is 0 Å². The van der Waals surface area contributed by atoms with Gasteiger partial charge in [-0.1, -0.05) is 41.9 Å². The van der Waals surface area contributed by atoms with Crippen LogP contribution in [0.25, 0.3) is 0 Å². The lowest BCUT2D eigenvalue weighted by Gasteiger charge is -2.46. The Morgan fingerprint density at radius 1 is 0.964 bits per heavy atom. The molecule has 0 aromatic heterocycles. The summed E-state index contributed by atoms with van der Waals surface area (Å²) in [7, 11) is 0. The molecule has 142 valence electrons. The lowest BCUT2D eigenvalue weighted by Crippen LogP contribution is -2.55. The molecule has 1 spiro atoms. The van der Waals surface area contributed by atoms with Crippen LogP contribution in [-0.2, 0) is 4.79 Å². The van der Waals surface area contributed by atoms with E-state index in [2.05, 4.69) is 17.4 Å². The molecule has 6 rings (SSSR count). The van der Waals surface area contributed by atoms with Crippen LogP contribution in [0.2, 0.25) is 5.02 Å². The van der Waals surface area contributed by atoms with Gasteiger partial charge in [-0.2, -0.15) is 0 Å². The van der Waals surface area contributed by atoms with Gasteiger partial charge in [0.2, 0.25) is 0 Å². The summed E-state index contributed by atoms with van der Waals surface area (Å²) < 4.78 is 0. The summed E-state index contributed by atoms with van der Waals surface area (Å²) in [6.07, 6.45) is 5.83. The third kappa shape index (κ3) is 2.23. The second-order valence-corrected chi connectivity index (χ2v) is 9.43. The summed E-state index contributed by atoms with van der Waals surface area (Å²) in [6.45, 7) is 0. The van der Waals surface area contributed by atoms with E-state index < -0.39 is 5.54 Å². The van der Waals surface area contributed by atoms with Gasteiger partial charge in [-0.3, -0.25) is 9.79 Å². The number of benzene rings is 2. The van der Waals surface area contributed by atoms with Crippen molar-refractivity contribution in [1.82, 2.24) is 0 Å². The monoisotopic (exact) mass is 390 g/mol. The maximum Gasteiger partial charge on any atom is 0.252 e. The summed E-state index contributed by atoms with van der Waals surface area (Å²) in [5, 5.41) is 3.93. The van der Waals surface area contributed by atoms with Gasteiger partial charge in [0, 0.05) is 16.1 Å². The molecule has 2 aromatic rings. The Bertz CT molecular complexity index is 991. The van der Waals surface area contributed by atoms with Crippen molar-refractivity contribution in [3.8, 4) is 0 Å². The highest BCUT2D eigenvalue weighted by Crippen LogP contribution is 2.61. The van der Waals surface area contributed by atoms with Crippen molar-refractivity contribution in [2.75, 3.05) is 5.32 Å². The second kappa shape index (κ2) is 5.93. The van der Waals surface area contributed by atoms with Gasteiger partial charge < -0.3 is 5.32 Å². The third-order valence-corrected chi connectivity index (χ3v) is 7.99. The number of nitrogens with one attached hydrogen (secondary N) is 1. The Hall–Kier alpha value is -2.13. The normalized spacial score (nSPS) is 35.3. The number of carbonyl (C=O) groups excluding carboxylic acids is 1. The Kier molecular flexibility index (Phi) is 3.56. The van der Waals surface area contributed by atoms with Gasteiger partial charge in [-0.15, -0.1) is 0 Å². The minimum Gasteiger partial charge on any atom is -0.323 e. The maximum absolute atomic E-state index is 13.7. The molecule has 1 heterocycles. The molecule has 5 atom stereocenters. The van der Waals surface area contributed by atoms with E-state index in [-0.39, 0.29) is 5.91 Å².